The van der Waals surface area contributed by atoms with E-state index in [2.05, 4.69) is 11.8 Å². The molecule has 6 atom stereocenters. The van der Waals surface area contributed by atoms with E-state index < -0.39 is 29.2 Å². The van der Waals surface area contributed by atoms with Gasteiger partial charge in [-0.25, -0.2) is 8.78 Å². The van der Waals surface area contributed by atoms with Crippen LogP contribution in [0, 0.1) is 23.7 Å². The van der Waals surface area contributed by atoms with Gasteiger partial charge in [0.25, 0.3) is 5.92 Å². The lowest BCUT2D eigenvalue weighted by Crippen LogP contribution is -2.63. The van der Waals surface area contributed by atoms with Crippen molar-refractivity contribution in [2.24, 2.45) is 29.4 Å². The van der Waals surface area contributed by atoms with Crippen LogP contribution in [0.5, 0.6) is 5.75 Å². The van der Waals surface area contributed by atoms with Gasteiger partial charge < -0.3 is 29.4 Å². The zero-order valence-electron chi connectivity index (χ0n) is 29.7. The molecule has 13 heteroatoms. The number of nitrogens with two attached hydrogens (primary N) is 1. The Morgan fingerprint density at radius 1 is 1.08 bits per heavy atom. The highest BCUT2D eigenvalue weighted by atomic mass is 35.5. The fraction of sp³-hybridized carbons (Fsp3) is 0.658. The second-order valence-corrected chi connectivity index (χ2v) is 17.0. The average molecular weight is 753 g/mol. The van der Waals surface area contributed by atoms with Gasteiger partial charge in [0.1, 0.15) is 17.6 Å². The lowest BCUT2D eigenvalue weighted by molar-refractivity contribution is -0.260. The standard InChI is InChI=1S/C38H52ClF2N3O6S/c1-24(25(2)51(46)47)6-5-8-33(37-49-20-31(21-50-37)44-22-38(40,41)23-44)32-13-10-28(32)18-43-15-4-3-7-26-16-30(39)12-9-29(26)19-48-35-14-11-27(36(42)45)17-34(35)43/h9,11-12,14,16-17,24-25,28,31-33,37H,3-8,10,13,15,18-23H2,1-2H3,(H2,42,45)(H,46,47)/p+1/t24-,25+,28-,31?,32+,33-,37?/m0/s1. The molecule has 3 fully saturated rings. The monoisotopic (exact) mass is 752 g/mol. The fourth-order valence-electron chi connectivity index (χ4n) is 8.21. The second kappa shape index (κ2) is 16.8. The number of primary amides is 1. The Hall–Kier alpha value is -2.35. The molecular weight excluding hydrogens is 700 g/mol. The molecule has 2 saturated heterocycles. The highest BCUT2D eigenvalue weighted by molar-refractivity contribution is 7.79. The van der Waals surface area contributed by atoms with E-state index in [-0.39, 0.29) is 36.2 Å². The molecule has 2 aromatic rings. The predicted molar refractivity (Wildman–Crippen MR) is 196 cm³/mol. The number of carbonyl (C=O) groups excluding carboxylic acids is 1. The summed E-state index contributed by atoms with van der Waals surface area (Å²) in [4.78, 5) is 16.4. The van der Waals surface area contributed by atoms with Crippen LogP contribution in [0.3, 0.4) is 0 Å². The number of halogens is 3. The topological polar surface area (TPSA) is 117 Å². The number of carbonyl (C=O) groups is 1. The minimum absolute atomic E-state index is 0.0994. The SMILES string of the molecule is C[C@H]([C@@H](C)CCC[C@H](C1OCC(N2CC(F)(F)C2)CO1)[C@@H]1CC[C@H]1CN1CCCCc2cc(Cl)ccc2COc2ccc(C(N)=O)cc21)S(=O)[OH2+]. The van der Waals surface area contributed by atoms with Crippen LogP contribution in [0.2, 0.25) is 5.02 Å². The first-order chi connectivity index (χ1) is 24.4. The van der Waals surface area contributed by atoms with Crippen LogP contribution in [0.15, 0.2) is 36.4 Å². The van der Waals surface area contributed by atoms with Crippen molar-refractivity contribution >= 4 is 34.3 Å². The molecule has 0 radical (unpaired) electrons. The molecule has 3 heterocycles. The Balaban J connectivity index is 1.19. The minimum atomic E-state index is -2.64. The Kier molecular flexibility index (Phi) is 12.6. The van der Waals surface area contributed by atoms with E-state index in [1.807, 2.05) is 37.3 Å². The zero-order valence-corrected chi connectivity index (χ0v) is 31.2. The minimum Gasteiger partial charge on any atom is -0.487 e. The molecule has 9 nitrogen and oxygen atoms in total. The maximum absolute atomic E-state index is 13.6. The van der Waals surface area contributed by atoms with E-state index >= 15 is 0 Å². The molecule has 3 aliphatic heterocycles. The highest BCUT2D eigenvalue weighted by Gasteiger charge is 2.49. The summed E-state index contributed by atoms with van der Waals surface area (Å²) in [6, 6.07) is 11.2. The number of benzene rings is 2. The fourth-order valence-corrected chi connectivity index (χ4v) is 8.96. The Bertz CT molecular complexity index is 1540. The number of anilines is 1. The number of rotatable bonds is 12. The number of hydrogen-bond donors (Lipinski definition) is 1. The van der Waals surface area contributed by atoms with E-state index in [1.165, 1.54) is 5.56 Å². The highest BCUT2D eigenvalue weighted by Crippen LogP contribution is 2.46. The Labute approximate surface area is 307 Å². The average Bonchev–Trinajstić information content (AvgIpc) is 3.11. The van der Waals surface area contributed by atoms with Gasteiger partial charge in [0.15, 0.2) is 6.29 Å². The summed E-state index contributed by atoms with van der Waals surface area (Å²) >= 11 is 4.73. The third kappa shape index (κ3) is 9.42. The molecule has 1 unspecified atom stereocenters. The van der Waals surface area contributed by atoms with E-state index in [4.69, 9.17) is 36.1 Å². The zero-order chi connectivity index (χ0) is 36.3. The summed E-state index contributed by atoms with van der Waals surface area (Å²) < 4.78 is 65.9. The number of hydrogen-bond acceptors (Lipinski definition) is 7. The third-order valence-electron chi connectivity index (χ3n) is 11.7. The number of alkyl halides is 2. The van der Waals surface area contributed by atoms with Crippen LogP contribution >= 0.6 is 11.6 Å². The van der Waals surface area contributed by atoms with Crippen LogP contribution in [0.1, 0.15) is 80.3 Å². The van der Waals surface area contributed by atoms with Gasteiger partial charge in [0, 0.05) is 29.6 Å². The predicted octanol–water partition coefficient (Wildman–Crippen LogP) is 6.08. The van der Waals surface area contributed by atoms with Crippen molar-refractivity contribution in [3.63, 3.8) is 0 Å². The van der Waals surface area contributed by atoms with Crippen molar-refractivity contribution < 1.29 is 36.5 Å². The number of amides is 1. The van der Waals surface area contributed by atoms with Crippen LogP contribution in [0.25, 0.3) is 0 Å². The number of aryl methyl sites for hydroxylation is 1. The third-order valence-corrected chi connectivity index (χ3v) is 13.1. The molecule has 4 aliphatic rings. The smallest absolute Gasteiger partial charge is 0.303 e. The van der Waals surface area contributed by atoms with Crippen LogP contribution in [0.4, 0.5) is 14.5 Å². The van der Waals surface area contributed by atoms with E-state index in [9.17, 15) is 17.8 Å². The van der Waals surface area contributed by atoms with Gasteiger partial charge >= 0.3 is 11.1 Å². The molecule has 282 valence electrons. The summed E-state index contributed by atoms with van der Waals surface area (Å²) in [5, 5.41) is 0.501. The van der Waals surface area contributed by atoms with Gasteiger partial charge in [0.2, 0.25) is 5.91 Å². The van der Waals surface area contributed by atoms with Gasteiger partial charge in [-0.2, -0.15) is 4.21 Å². The maximum atomic E-state index is 13.6. The quantitative estimate of drug-likeness (QED) is 0.262. The van der Waals surface area contributed by atoms with E-state index in [0.29, 0.717) is 48.0 Å². The second-order valence-electron chi connectivity index (χ2n) is 15.2. The summed E-state index contributed by atoms with van der Waals surface area (Å²) in [6.07, 6.45) is 7.01. The van der Waals surface area contributed by atoms with E-state index in [0.717, 1.165) is 75.7 Å². The maximum Gasteiger partial charge on any atom is 0.303 e. The van der Waals surface area contributed by atoms with Crippen molar-refractivity contribution in [3.8, 4) is 5.75 Å². The van der Waals surface area contributed by atoms with Gasteiger partial charge in [-0.15, -0.1) is 0 Å². The number of fused-ring (bicyclic) bond motifs is 2. The molecule has 2 aromatic carbocycles. The van der Waals surface area contributed by atoms with Crippen molar-refractivity contribution in [2.75, 3.05) is 44.3 Å². The first-order valence-electron chi connectivity index (χ1n) is 18.4. The molecule has 1 saturated carbocycles. The Morgan fingerprint density at radius 3 is 2.51 bits per heavy atom. The van der Waals surface area contributed by atoms with Crippen molar-refractivity contribution in [1.82, 2.24) is 4.90 Å². The van der Waals surface area contributed by atoms with Gasteiger partial charge in [0.05, 0.1) is 38.0 Å². The summed E-state index contributed by atoms with van der Waals surface area (Å²) in [5.74, 6) is -1.54. The Morgan fingerprint density at radius 2 is 1.84 bits per heavy atom. The molecular formula is C38H53ClF2N3O6S+. The lowest BCUT2D eigenvalue weighted by Gasteiger charge is -2.50. The molecule has 0 spiro atoms. The first kappa shape index (κ1) is 38.4. The van der Waals surface area contributed by atoms with Gasteiger partial charge in [-0.05, 0) is 111 Å². The number of likely N-dealkylation sites (tertiary alicyclic amines) is 1. The summed E-state index contributed by atoms with van der Waals surface area (Å²) in [7, 11) is 0. The summed E-state index contributed by atoms with van der Waals surface area (Å²) in [5.41, 5.74) is 9.32. The molecule has 1 amide bonds. The molecule has 0 bridgehead atoms. The first-order valence-corrected chi connectivity index (χ1v) is 20.0. The molecule has 6 rings (SSSR count). The molecule has 51 heavy (non-hydrogen) atoms. The van der Waals surface area contributed by atoms with Crippen molar-refractivity contribution in [1.29, 1.82) is 0 Å². The number of nitrogens with zero attached hydrogens (tertiary/aromatic N) is 2. The molecule has 1 aliphatic carbocycles. The van der Waals surface area contributed by atoms with Crippen LogP contribution < -0.4 is 15.4 Å². The van der Waals surface area contributed by atoms with Crippen LogP contribution in [-0.4, -0.2) is 82.5 Å². The molecule has 0 aromatic heterocycles. The number of ether oxygens (including phenoxy) is 3. The largest absolute Gasteiger partial charge is 0.487 e. The normalized spacial score (nSPS) is 27.6. The summed E-state index contributed by atoms with van der Waals surface area (Å²) in [6.45, 7) is 6.07. The van der Waals surface area contributed by atoms with Crippen molar-refractivity contribution in [2.45, 2.75) is 95.3 Å². The van der Waals surface area contributed by atoms with Crippen LogP contribution in [-0.2, 0) is 33.6 Å². The van der Waals surface area contributed by atoms with E-state index in [1.54, 1.807) is 11.0 Å². The van der Waals surface area contributed by atoms with Gasteiger partial charge in [-0.3, -0.25) is 9.69 Å². The molecule has 4 N–H and O–H groups in total. The van der Waals surface area contributed by atoms with Gasteiger partial charge in [-0.1, -0.05) is 31.0 Å². The van der Waals surface area contributed by atoms with Crippen molar-refractivity contribution in [3.05, 3.63) is 58.1 Å². The lowest BCUT2D eigenvalue weighted by atomic mass is 9.65.